The molecule has 7 heteroatoms. The van der Waals surface area contributed by atoms with Gasteiger partial charge in [0.25, 0.3) is 11.4 Å². The Bertz CT molecular complexity index is 1390. The Labute approximate surface area is 180 Å². The van der Waals surface area contributed by atoms with Gasteiger partial charge in [0.1, 0.15) is 0 Å². The van der Waals surface area contributed by atoms with E-state index in [9.17, 15) is 20.2 Å². The van der Waals surface area contributed by atoms with Crippen molar-refractivity contribution in [3.63, 3.8) is 0 Å². The number of benzene rings is 4. The van der Waals surface area contributed by atoms with Crippen molar-refractivity contribution < 1.29 is 9.85 Å². The second kappa shape index (κ2) is 7.30. The van der Waals surface area contributed by atoms with Crippen LogP contribution in [0, 0.1) is 20.2 Å². The predicted octanol–water partition coefficient (Wildman–Crippen LogP) is 7.20. The van der Waals surface area contributed by atoms with Crippen molar-refractivity contribution in [3.05, 3.63) is 105 Å². The topological polar surface area (TPSA) is 86.3 Å². The van der Waals surface area contributed by atoms with E-state index in [1.807, 2.05) is 36.4 Å². The highest BCUT2D eigenvalue weighted by atomic mass is 32.1. The zero-order chi connectivity index (χ0) is 21.5. The number of para-hydroxylation sites is 2. The van der Waals surface area contributed by atoms with E-state index in [0.29, 0.717) is 11.1 Å². The van der Waals surface area contributed by atoms with Crippen molar-refractivity contribution in [1.29, 1.82) is 0 Å². The van der Waals surface area contributed by atoms with Crippen LogP contribution in [0.25, 0.3) is 42.4 Å². The first-order chi connectivity index (χ1) is 15.1. The molecule has 0 aliphatic carbocycles. The van der Waals surface area contributed by atoms with Gasteiger partial charge in [-0.05, 0) is 12.1 Å². The van der Waals surface area contributed by atoms with Crippen molar-refractivity contribution in [2.24, 2.45) is 0 Å². The molecule has 0 unspecified atom stereocenters. The smallest absolute Gasteiger partial charge is 0.258 e. The summed E-state index contributed by atoms with van der Waals surface area (Å²) in [5.41, 5.74) is 2.76. The van der Waals surface area contributed by atoms with E-state index in [4.69, 9.17) is 0 Å². The SMILES string of the molecule is O=[N+]([O-])c1ccccc1-c1cccc2c1sc1c(-c3ccccc3[N+](=O)[O-])cccc12. The van der Waals surface area contributed by atoms with Crippen LogP contribution >= 0.6 is 11.3 Å². The molecular formula is C24H14N2O4S. The fraction of sp³-hybridized carbons (Fsp3) is 0. The zero-order valence-electron chi connectivity index (χ0n) is 16.0. The molecule has 0 bridgehead atoms. The third-order valence-electron chi connectivity index (χ3n) is 5.31. The summed E-state index contributed by atoms with van der Waals surface area (Å²) in [4.78, 5) is 22.4. The number of hydrogen-bond donors (Lipinski definition) is 0. The molecule has 0 fully saturated rings. The summed E-state index contributed by atoms with van der Waals surface area (Å²) in [6.45, 7) is 0. The highest BCUT2D eigenvalue weighted by Gasteiger charge is 2.21. The molecule has 0 aliphatic heterocycles. The number of nitrogens with zero attached hydrogens (tertiary/aromatic N) is 2. The second-order valence-corrected chi connectivity index (χ2v) is 8.04. The van der Waals surface area contributed by atoms with Crippen molar-refractivity contribution in [2.45, 2.75) is 0 Å². The van der Waals surface area contributed by atoms with Crippen molar-refractivity contribution >= 4 is 42.9 Å². The largest absolute Gasteiger partial charge is 0.277 e. The maximum Gasteiger partial charge on any atom is 0.277 e. The summed E-state index contributed by atoms with van der Waals surface area (Å²) in [5, 5.41) is 25.1. The van der Waals surface area contributed by atoms with Crippen LogP contribution in [-0.4, -0.2) is 9.85 Å². The number of fused-ring (bicyclic) bond motifs is 3. The molecule has 150 valence electrons. The lowest BCUT2D eigenvalue weighted by atomic mass is 9.99. The maximum absolute atomic E-state index is 11.6. The van der Waals surface area contributed by atoms with Gasteiger partial charge in [-0.3, -0.25) is 20.2 Å². The molecule has 5 rings (SSSR count). The molecule has 31 heavy (non-hydrogen) atoms. The van der Waals surface area contributed by atoms with E-state index in [0.717, 1.165) is 31.3 Å². The first-order valence-electron chi connectivity index (χ1n) is 9.48. The summed E-state index contributed by atoms with van der Waals surface area (Å²) in [7, 11) is 0. The van der Waals surface area contributed by atoms with Gasteiger partial charge in [0.2, 0.25) is 0 Å². The lowest BCUT2D eigenvalue weighted by Crippen LogP contribution is -1.91. The summed E-state index contributed by atoms with van der Waals surface area (Å²) >= 11 is 1.50. The highest BCUT2D eigenvalue weighted by molar-refractivity contribution is 7.26. The van der Waals surface area contributed by atoms with Crippen molar-refractivity contribution in [3.8, 4) is 22.3 Å². The van der Waals surface area contributed by atoms with Gasteiger partial charge >= 0.3 is 0 Å². The van der Waals surface area contributed by atoms with Crippen molar-refractivity contribution in [2.75, 3.05) is 0 Å². The normalized spacial score (nSPS) is 11.1. The zero-order valence-corrected chi connectivity index (χ0v) is 16.8. The molecule has 4 aromatic carbocycles. The molecule has 1 heterocycles. The number of nitro groups is 2. The Morgan fingerprint density at radius 1 is 0.516 bits per heavy atom. The minimum Gasteiger partial charge on any atom is -0.258 e. The van der Waals surface area contributed by atoms with Crippen LogP contribution < -0.4 is 0 Å². The van der Waals surface area contributed by atoms with Gasteiger partial charge in [-0.25, -0.2) is 0 Å². The van der Waals surface area contributed by atoms with Gasteiger partial charge in [-0.2, -0.15) is 0 Å². The minimum absolute atomic E-state index is 0.0476. The van der Waals surface area contributed by atoms with Crippen LogP contribution in [0.1, 0.15) is 0 Å². The summed E-state index contributed by atoms with van der Waals surface area (Å²) in [5.74, 6) is 0. The van der Waals surface area contributed by atoms with E-state index in [-0.39, 0.29) is 21.2 Å². The average Bonchev–Trinajstić information content (AvgIpc) is 3.18. The molecule has 0 radical (unpaired) electrons. The third-order valence-corrected chi connectivity index (χ3v) is 6.59. The molecule has 0 N–H and O–H groups in total. The molecule has 0 saturated carbocycles. The summed E-state index contributed by atoms with van der Waals surface area (Å²) in [6.07, 6.45) is 0. The number of nitro benzene ring substituents is 2. The lowest BCUT2D eigenvalue weighted by Gasteiger charge is -2.04. The van der Waals surface area contributed by atoms with E-state index >= 15 is 0 Å². The third kappa shape index (κ3) is 3.03. The van der Waals surface area contributed by atoms with Crippen LogP contribution in [0.2, 0.25) is 0 Å². The Balaban J connectivity index is 1.84. The first kappa shape index (κ1) is 18.9. The standard InChI is InChI=1S/C24H14N2O4S/c27-25(28)21-13-3-1-7-15(21)17-9-5-11-19-20-12-6-10-18(24(20)31-23(17)19)16-8-2-4-14-22(16)26(29)30/h1-14H. The van der Waals surface area contributed by atoms with Crippen LogP contribution in [0.15, 0.2) is 84.9 Å². The first-order valence-corrected chi connectivity index (χ1v) is 10.3. The maximum atomic E-state index is 11.6. The van der Waals surface area contributed by atoms with Crippen LogP contribution in [0.4, 0.5) is 11.4 Å². The summed E-state index contributed by atoms with van der Waals surface area (Å²) in [6, 6.07) is 24.9. The fourth-order valence-electron chi connectivity index (χ4n) is 3.97. The number of hydrogen-bond acceptors (Lipinski definition) is 5. The number of rotatable bonds is 4. The van der Waals surface area contributed by atoms with Crippen LogP contribution in [-0.2, 0) is 0 Å². The summed E-state index contributed by atoms with van der Waals surface area (Å²) < 4.78 is 1.83. The highest BCUT2D eigenvalue weighted by Crippen LogP contribution is 2.46. The van der Waals surface area contributed by atoms with Gasteiger partial charge in [0, 0.05) is 43.4 Å². The van der Waals surface area contributed by atoms with E-state index in [1.54, 1.807) is 36.4 Å². The molecule has 0 aliphatic rings. The molecule has 0 spiro atoms. The van der Waals surface area contributed by atoms with E-state index < -0.39 is 0 Å². The Kier molecular flexibility index (Phi) is 4.45. The molecule has 0 saturated heterocycles. The lowest BCUT2D eigenvalue weighted by molar-refractivity contribution is -0.384. The molecule has 6 nitrogen and oxygen atoms in total. The quantitative estimate of drug-likeness (QED) is 0.224. The molecule has 5 aromatic rings. The van der Waals surface area contributed by atoms with Gasteiger partial charge in [0.15, 0.2) is 0 Å². The predicted molar refractivity (Wildman–Crippen MR) is 124 cm³/mol. The van der Waals surface area contributed by atoms with Crippen LogP contribution in [0.3, 0.4) is 0 Å². The molecule has 1 aromatic heterocycles. The molecule has 0 atom stereocenters. The fourth-order valence-corrected chi connectivity index (χ4v) is 5.32. The Hall–Kier alpha value is -4.10. The number of thiophene rings is 1. The Morgan fingerprint density at radius 2 is 0.903 bits per heavy atom. The Morgan fingerprint density at radius 3 is 1.32 bits per heavy atom. The minimum atomic E-state index is -0.375. The monoisotopic (exact) mass is 426 g/mol. The van der Waals surface area contributed by atoms with E-state index in [1.165, 1.54) is 23.5 Å². The van der Waals surface area contributed by atoms with Gasteiger partial charge in [-0.15, -0.1) is 11.3 Å². The average molecular weight is 426 g/mol. The molecule has 0 amide bonds. The van der Waals surface area contributed by atoms with Gasteiger partial charge < -0.3 is 0 Å². The van der Waals surface area contributed by atoms with Gasteiger partial charge in [-0.1, -0.05) is 60.7 Å². The van der Waals surface area contributed by atoms with E-state index in [2.05, 4.69) is 0 Å². The second-order valence-electron chi connectivity index (χ2n) is 7.02. The van der Waals surface area contributed by atoms with Crippen LogP contribution in [0.5, 0.6) is 0 Å². The van der Waals surface area contributed by atoms with Crippen molar-refractivity contribution in [1.82, 2.24) is 0 Å². The molecular weight excluding hydrogens is 412 g/mol. The van der Waals surface area contributed by atoms with Gasteiger partial charge in [0.05, 0.1) is 21.0 Å².